The van der Waals surface area contributed by atoms with Crippen LogP contribution in [0.4, 0.5) is 0 Å². The summed E-state index contributed by atoms with van der Waals surface area (Å²) in [5.74, 6) is 1.02. The Labute approximate surface area is 136 Å². The number of rotatable bonds is 1. The molecule has 0 N–H and O–H groups in total. The van der Waals surface area contributed by atoms with Gasteiger partial charge in [-0.2, -0.15) is 0 Å². The average Bonchev–Trinajstić information content (AvgIpc) is 2.85. The molecule has 0 atom stereocenters. The zero-order chi connectivity index (χ0) is 16.1. The minimum absolute atomic E-state index is 0.824. The zero-order valence-electron chi connectivity index (χ0n) is 14.0. The molecule has 1 aliphatic carbocycles. The van der Waals surface area contributed by atoms with Gasteiger partial charge in [-0.15, -0.1) is 0 Å². The molecule has 0 saturated heterocycles. The molecule has 3 heteroatoms. The molecule has 0 unspecified atom stereocenters. The minimum Gasteiger partial charge on any atom is -0.257 e. The van der Waals surface area contributed by atoms with E-state index in [2.05, 4.69) is 67.0 Å². The maximum Gasteiger partial charge on any atom is 0.330 e. The molecule has 23 heavy (non-hydrogen) atoms. The fourth-order valence-electron chi connectivity index (χ4n) is 3.33. The van der Waals surface area contributed by atoms with Crippen molar-refractivity contribution in [2.45, 2.75) is 27.2 Å². The second kappa shape index (κ2) is 4.98. The SMILES string of the molecule is Cc1ccc(C)c(-c2nc3c(c[n+]2C)-c2ccc(C)nc2C3)c1. The molecule has 3 nitrogen and oxygen atoms in total. The Hall–Kier alpha value is -2.55. The van der Waals surface area contributed by atoms with Crippen molar-refractivity contribution >= 4 is 0 Å². The van der Waals surface area contributed by atoms with Crippen LogP contribution in [0.25, 0.3) is 22.5 Å². The van der Waals surface area contributed by atoms with Gasteiger partial charge in [-0.1, -0.05) is 23.8 Å². The van der Waals surface area contributed by atoms with Crippen molar-refractivity contribution < 1.29 is 4.57 Å². The van der Waals surface area contributed by atoms with E-state index in [0.717, 1.165) is 29.3 Å². The summed E-state index contributed by atoms with van der Waals surface area (Å²) in [7, 11) is 2.07. The molecular weight excluding hydrogens is 282 g/mol. The molecule has 2 heterocycles. The largest absolute Gasteiger partial charge is 0.330 e. The number of hydrogen-bond acceptors (Lipinski definition) is 2. The molecule has 114 valence electrons. The van der Waals surface area contributed by atoms with Crippen LogP contribution in [-0.2, 0) is 13.5 Å². The Morgan fingerprint density at radius 2 is 1.65 bits per heavy atom. The first-order valence-electron chi connectivity index (χ1n) is 7.97. The quantitative estimate of drug-likeness (QED) is 0.504. The van der Waals surface area contributed by atoms with Crippen molar-refractivity contribution in [3.8, 4) is 22.5 Å². The monoisotopic (exact) mass is 302 g/mol. The van der Waals surface area contributed by atoms with Crippen molar-refractivity contribution in [3.63, 3.8) is 0 Å². The average molecular weight is 302 g/mol. The summed E-state index contributed by atoms with van der Waals surface area (Å²) in [4.78, 5) is 9.68. The van der Waals surface area contributed by atoms with E-state index in [4.69, 9.17) is 4.98 Å². The first kappa shape index (κ1) is 14.1. The van der Waals surface area contributed by atoms with Crippen LogP contribution in [0.3, 0.4) is 0 Å². The summed E-state index contributed by atoms with van der Waals surface area (Å²) < 4.78 is 2.13. The van der Waals surface area contributed by atoms with Gasteiger partial charge in [-0.05, 0) is 43.5 Å². The van der Waals surface area contributed by atoms with E-state index in [9.17, 15) is 0 Å². The Morgan fingerprint density at radius 3 is 2.48 bits per heavy atom. The number of benzene rings is 1. The van der Waals surface area contributed by atoms with Crippen LogP contribution in [0.15, 0.2) is 36.5 Å². The van der Waals surface area contributed by atoms with Crippen molar-refractivity contribution in [1.82, 2.24) is 9.97 Å². The second-order valence-corrected chi connectivity index (χ2v) is 6.48. The van der Waals surface area contributed by atoms with Crippen LogP contribution >= 0.6 is 0 Å². The number of fused-ring (bicyclic) bond motifs is 3. The van der Waals surface area contributed by atoms with Crippen LogP contribution < -0.4 is 4.57 Å². The fraction of sp³-hybridized carbons (Fsp3) is 0.250. The van der Waals surface area contributed by atoms with Gasteiger partial charge in [0.1, 0.15) is 6.20 Å². The molecule has 0 bridgehead atoms. The summed E-state index contributed by atoms with van der Waals surface area (Å²) in [5, 5.41) is 0. The highest BCUT2D eigenvalue weighted by atomic mass is 15.0. The lowest BCUT2D eigenvalue weighted by Gasteiger charge is -2.06. The minimum atomic E-state index is 0.824. The Balaban J connectivity index is 1.90. The van der Waals surface area contributed by atoms with Gasteiger partial charge in [0.05, 0.1) is 30.3 Å². The van der Waals surface area contributed by atoms with Gasteiger partial charge < -0.3 is 0 Å². The topological polar surface area (TPSA) is 29.7 Å². The van der Waals surface area contributed by atoms with E-state index >= 15 is 0 Å². The van der Waals surface area contributed by atoms with Gasteiger partial charge in [-0.3, -0.25) is 4.98 Å². The molecule has 3 aromatic rings. The van der Waals surface area contributed by atoms with Gasteiger partial charge in [-0.25, -0.2) is 4.57 Å². The number of pyridine rings is 1. The molecule has 0 amide bonds. The molecule has 0 aliphatic heterocycles. The molecule has 0 spiro atoms. The van der Waals surface area contributed by atoms with E-state index in [1.807, 2.05) is 6.92 Å². The van der Waals surface area contributed by atoms with Crippen molar-refractivity contribution in [1.29, 1.82) is 0 Å². The highest BCUT2D eigenvalue weighted by molar-refractivity contribution is 5.73. The van der Waals surface area contributed by atoms with Gasteiger partial charge in [0.15, 0.2) is 5.69 Å². The highest BCUT2D eigenvalue weighted by Gasteiger charge is 2.29. The molecule has 0 radical (unpaired) electrons. The predicted molar refractivity (Wildman–Crippen MR) is 91.1 cm³/mol. The Morgan fingerprint density at radius 1 is 0.870 bits per heavy atom. The van der Waals surface area contributed by atoms with Crippen molar-refractivity contribution in [2.75, 3.05) is 0 Å². The van der Waals surface area contributed by atoms with E-state index < -0.39 is 0 Å². The Kier molecular flexibility index (Phi) is 3.05. The first-order valence-corrected chi connectivity index (χ1v) is 7.97. The molecular formula is C20H20N3+. The van der Waals surface area contributed by atoms with Crippen LogP contribution in [0.5, 0.6) is 0 Å². The zero-order valence-corrected chi connectivity index (χ0v) is 14.0. The normalized spacial score (nSPS) is 12.2. The lowest BCUT2D eigenvalue weighted by Crippen LogP contribution is -2.33. The van der Waals surface area contributed by atoms with Crippen LogP contribution in [-0.4, -0.2) is 9.97 Å². The lowest BCUT2D eigenvalue weighted by molar-refractivity contribution is -0.662. The smallest absolute Gasteiger partial charge is 0.257 e. The van der Waals surface area contributed by atoms with Crippen LogP contribution in [0.2, 0.25) is 0 Å². The number of nitrogens with zero attached hydrogens (tertiary/aromatic N) is 3. The Bertz CT molecular complexity index is 942. The van der Waals surface area contributed by atoms with Gasteiger partial charge in [0, 0.05) is 11.3 Å². The van der Waals surface area contributed by atoms with Gasteiger partial charge in [0.25, 0.3) is 0 Å². The molecule has 2 aromatic heterocycles. The van der Waals surface area contributed by atoms with Gasteiger partial charge in [0.2, 0.25) is 0 Å². The summed E-state index contributed by atoms with van der Waals surface area (Å²) in [6.45, 7) is 6.31. The summed E-state index contributed by atoms with van der Waals surface area (Å²) in [5.41, 5.74) is 9.49. The summed E-state index contributed by atoms with van der Waals surface area (Å²) >= 11 is 0. The van der Waals surface area contributed by atoms with Crippen molar-refractivity contribution in [2.24, 2.45) is 7.05 Å². The fourth-order valence-corrected chi connectivity index (χ4v) is 3.33. The highest BCUT2D eigenvalue weighted by Crippen LogP contribution is 2.34. The van der Waals surface area contributed by atoms with E-state index in [0.29, 0.717) is 0 Å². The molecule has 1 aromatic carbocycles. The standard InChI is InChI=1S/C20H20N3/c1-12-5-6-13(2)16(9-12)20-22-19-10-18-15(8-7-14(3)21-18)17(19)11-23(20)4/h5-9,11H,10H2,1-4H3/q+1. The number of aromatic nitrogens is 3. The molecule has 4 rings (SSSR count). The molecule has 0 fully saturated rings. The molecule has 0 saturated carbocycles. The first-order chi connectivity index (χ1) is 11.0. The van der Waals surface area contributed by atoms with Crippen LogP contribution in [0.1, 0.15) is 28.2 Å². The third-order valence-corrected chi connectivity index (χ3v) is 4.58. The van der Waals surface area contributed by atoms with E-state index in [1.165, 1.54) is 27.8 Å². The lowest BCUT2D eigenvalue weighted by atomic mass is 10.0. The number of hydrogen-bond donors (Lipinski definition) is 0. The summed E-state index contributed by atoms with van der Waals surface area (Å²) in [6, 6.07) is 10.8. The summed E-state index contributed by atoms with van der Waals surface area (Å²) in [6.07, 6.45) is 3.02. The maximum atomic E-state index is 4.99. The number of aryl methyl sites for hydroxylation is 4. The van der Waals surface area contributed by atoms with Gasteiger partial charge >= 0.3 is 5.82 Å². The van der Waals surface area contributed by atoms with Crippen molar-refractivity contribution in [3.05, 3.63) is 64.7 Å². The molecule has 1 aliphatic rings. The van der Waals surface area contributed by atoms with E-state index in [-0.39, 0.29) is 0 Å². The van der Waals surface area contributed by atoms with E-state index in [1.54, 1.807) is 0 Å². The third-order valence-electron chi connectivity index (χ3n) is 4.58. The third kappa shape index (κ3) is 2.24. The second-order valence-electron chi connectivity index (χ2n) is 6.48. The predicted octanol–water partition coefficient (Wildman–Crippen LogP) is 3.46. The maximum absolute atomic E-state index is 4.99. The van der Waals surface area contributed by atoms with Crippen LogP contribution in [0, 0.1) is 20.8 Å².